The van der Waals surface area contributed by atoms with Crippen LogP contribution < -0.4 is 4.74 Å². The van der Waals surface area contributed by atoms with Crippen LogP contribution in [-0.4, -0.2) is 24.6 Å². The minimum absolute atomic E-state index is 0.00918. The number of methoxy groups -OCH3 is 1. The number of hydrogen-bond acceptors (Lipinski definition) is 4. The maximum absolute atomic E-state index is 6.91. The minimum Gasteiger partial charge on any atom is -0.496 e. The van der Waals surface area contributed by atoms with Crippen LogP contribution >= 0.6 is 23.4 Å². The number of halogens is 1. The summed E-state index contributed by atoms with van der Waals surface area (Å²) in [5.74, 6) is 1.61. The maximum atomic E-state index is 6.91. The molecule has 44 heavy (non-hydrogen) atoms. The molecule has 1 aliphatic heterocycles. The second-order valence-corrected chi connectivity index (χ2v) is 13.9. The van der Waals surface area contributed by atoms with Gasteiger partial charge in [-0.05, 0) is 64.6 Å². The third-order valence-electron chi connectivity index (χ3n) is 8.77. The summed E-state index contributed by atoms with van der Waals surface area (Å²) in [5, 5.41) is 1.14. The van der Waals surface area contributed by atoms with Crippen LogP contribution in [0.4, 0.5) is 0 Å². The third kappa shape index (κ3) is 7.90. The Morgan fingerprint density at radius 1 is 0.773 bits per heavy atom. The highest BCUT2D eigenvalue weighted by molar-refractivity contribution is 8.00. The second-order valence-electron chi connectivity index (χ2n) is 12.1. The molecule has 4 aromatic rings. The minimum atomic E-state index is -0.185. The standard InChI is InChI=1S/C39H45ClO3S/c1-6-36-27(4)37(42-24-29-13-9-7-10-14-29)38(43-25-30-15-11-8-12-16-30)39(44-36)33-22-32(34(40)23-35(33)41-5)21-28-17-19-31(20-18-28)26(2)3/h7-20,22-23,26-27,36-39H,6,21,24-25H2,1-5H3/t27-,36-,37+,38-,39+/m1/s1. The summed E-state index contributed by atoms with van der Waals surface area (Å²) in [4.78, 5) is 0. The Bertz CT molecular complexity index is 1460. The van der Waals surface area contributed by atoms with Gasteiger partial charge in [-0.1, -0.05) is 124 Å². The lowest BCUT2D eigenvalue weighted by Gasteiger charge is -2.45. The van der Waals surface area contributed by atoms with Crippen molar-refractivity contribution in [3.8, 4) is 5.75 Å². The predicted octanol–water partition coefficient (Wildman–Crippen LogP) is 10.4. The van der Waals surface area contributed by atoms with Crippen molar-refractivity contribution in [2.45, 2.75) is 82.4 Å². The fourth-order valence-electron chi connectivity index (χ4n) is 6.15. The van der Waals surface area contributed by atoms with Gasteiger partial charge < -0.3 is 14.2 Å². The number of hydrogen-bond donors (Lipinski definition) is 0. The molecule has 1 fully saturated rings. The molecular weight excluding hydrogens is 584 g/mol. The Morgan fingerprint density at radius 2 is 1.36 bits per heavy atom. The van der Waals surface area contributed by atoms with Crippen LogP contribution in [0.5, 0.6) is 5.75 Å². The number of thioether (sulfide) groups is 1. The van der Waals surface area contributed by atoms with Crippen molar-refractivity contribution in [1.82, 2.24) is 0 Å². The molecule has 232 valence electrons. The van der Waals surface area contributed by atoms with Gasteiger partial charge in [-0.2, -0.15) is 0 Å². The van der Waals surface area contributed by atoms with Crippen molar-refractivity contribution < 1.29 is 14.2 Å². The van der Waals surface area contributed by atoms with Crippen molar-refractivity contribution in [2.75, 3.05) is 7.11 Å². The van der Waals surface area contributed by atoms with E-state index < -0.39 is 0 Å². The molecule has 0 aromatic heterocycles. The molecule has 3 nitrogen and oxygen atoms in total. The molecule has 0 amide bonds. The van der Waals surface area contributed by atoms with E-state index in [0.29, 0.717) is 30.3 Å². The van der Waals surface area contributed by atoms with E-state index in [1.54, 1.807) is 7.11 Å². The number of rotatable bonds is 12. The third-order valence-corrected chi connectivity index (χ3v) is 11.0. The summed E-state index contributed by atoms with van der Waals surface area (Å²) in [6.45, 7) is 10.1. The Hall–Kier alpha value is -2.76. The maximum Gasteiger partial charge on any atom is 0.124 e. The molecule has 4 aromatic carbocycles. The zero-order valence-electron chi connectivity index (χ0n) is 26.5. The first-order chi connectivity index (χ1) is 21.4. The fourth-order valence-corrected chi connectivity index (χ4v) is 8.06. The first-order valence-electron chi connectivity index (χ1n) is 15.8. The Morgan fingerprint density at radius 3 is 1.91 bits per heavy atom. The van der Waals surface area contributed by atoms with Gasteiger partial charge in [0.15, 0.2) is 0 Å². The molecule has 1 aliphatic rings. The molecule has 0 N–H and O–H groups in total. The zero-order chi connectivity index (χ0) is 31.1. The van der Waals surface area contributed by atoms with E-state index in [1.807, 2.05) is 30.0 Å². The highest BCUT2D eigenvalue weighted by atomic mass is 35.5. The van der Waals surface area contributed by atoms with Crippen LogP contribution in [0, 0.1) is 5.92 Å². The molecule has 0 aliphatic carbocycles. The van der Waals surface area contributed by atoms with Crippen molar-refractivity contribution in [1.29, 1.82) is 0 Å². The average molecular weight is 629 g/mol. The van der Waals surface area contributed by atoms with Gasteiger partial charge in [-0.15, -0.1) is 11.8 Å². The SMILES string of the molecule is CC[C@H]1S[C@@H](c2cc(Cc3ccc(C(C)C)cc3)c(Cl)cc2OC)[C@H](OCc2ccccc2)[C@@H](OCc2ccccc2)[C@@H]1C. The summed E-state index contributed by atoms with van der Waals surface area (Å²) in [6, 6.07) is 34.0. The summed E-state index contributed by atoms with van der Waals surface area (Å²) in [5.41, 5.74) is 7.11. The number of ether oxygens (including phenoxy) is 3. The molecule has 0 spiro atoms. The molecule has 0 bridgehead atoms. The van der Waals surface area contributed by atoms with Gasteiger partial charge in [0, 0.05) is 15.8 Å². The quantitative estimate of drug-likeness (QED) is 0.156. The Labute approximate surface area is 273 Å². The first-order valence-corrected chi connectivity index (χ1v) is 17.1. The van der Waals surface area contributed by atoms with Crippen molar-refractivity contribution in [2.24, 2.45) is 5.92 Å². The molecule has 5 rings (SSSR count). The second kappa shape index (κ2) is 15.5. The van der Waals surface area contributed by atoms with Crippen LogP contribution in [0.15, 0.2) is 97.1 Å². The molecule has 5 atom stereocenters. The lowest BCUT2D eigenvalue weighted by molar-refractivity contribution is -0.112. The van der Waals surface area contributed by atoms with Gasteiger partial charge in [0.2, 0.25) is 0 Å². The van der Waals surface area contributed by atoms with E-state index in [0.717, 1.165) is 40.3 Å². The topological polar surface area (TPSA) is 27.7 Å². The summed E-state index contributed by atoms with van der Waals surface area (Å²) < 4.78 is 19.7. The van der Waals surface area contributed by atoms with Crippen molar-refractivity contribution in [3.63, 3.8) is 0 Å². The van der Waals surface area contributed by atoms with Crippen molar-refractivity contribution >= 4 is 23.4 Å². The summed E-state index contributed by atoms with van der Waals surface area (Å²) in [7, 11) is 1.73. The highest BCUT2D eigenvalue weighted by Gasteiger charge is 2.46. The lowest BCUT2D eigenvalue weighted by Crippen LogP contribution is -2.48. The van der Waals surface area contributed by atoms with Gasteiger partial charge in [0.25, 0.3) is 0 Å². The summed E-state index contributed by atoms with van der Waals surface area (Å²) in [6.07, 6.45) is 1.52. The van der Waals surface area contributed by atoms with Crippen LogP contribution in [0.3, 0.4) is 0 Å². The molecule has 1 saturated heterocycles. The molecular formula is C39H45ClO3S. The van der Waals surface area contributed by atoms with Crippen LogP contribution in [0.1, 0.15) is 78.7 Å². The van der Waals surface area contributed by atoms with Gasteiger partial charge in [0.05, 0.1) is 31.7 Å². The van der Waals surface area contributed by atoms with E-state index in [4.69, 9.17) is 25.8 Å². The van der Waals surface area contributed by atoms with E-state index >= 15 is 0 Å². The van der Waals surface area contributed by atoms with E-state index in [2.05, 4.69) is 107 Å². The molecule has 0 unspecified atom stereocenters. The van der Waals surface area contributed by atoms with Crippen molar-refractivity contribution in [3.05, 3.63) is 135 Å². The zero-order valence-corrected chi connectivity index (χ0v) is 28.1. The van der Waals surface area contributed by atoms with Crippen LogP contribution in [0.25, 0.3) is 0 Å². The molecule has 1 heterocycles. The molecule has 0 saturated carbocycles. The van der Waals surface area contributed by atoms with Gasteiger partial charge in [0.1, 0.15) is 11.9 Å². The van der Waals surface area contributed by atoms with Crippen LogP contribution in [0.2, 0.25) is 5.02 Å². The van der Waals surface area contributed by atoms with Gasteiger partial charge in [-0.3, -0.25) is 0 Å². The molecule has 0 radical (unpaired) electrons. The molecule has 5 heteroatoms. The Balaban J connectivity index is 1.51. The van der Waals surface area contributed by atoms with Gasteiger partial charge >= 0.3 is 0 Å². The predicted molar refractivity (Wildman–Crippen MR) is 185 cm³/mol. The normalized spacial score (nSPS) is 21.8. The average Bonchev–Trinajstić information content (AvgIpc) is 3.05. The number of benzene rings is 4. The summed E-state index contributed by atoms with van der Waals surface area (Å²) >= 11 is 8.90. The fraction of sp³-hybridized carbons (Fsp3) is 0.385. The Kier molecular flexibility index (Phi) is 11.5. The van der Waals surface area contributed by atoms with E-state index in [-0.39, 0.29) is 17.5 Å². The monoisotopic (exact) mass is 628 g/mol. The van der Waals surface area contributed by atoms with Gasteiger partial charge in [-0.25, -0.2) is 0 Å². The van der Waals surface area contributed by atoms with Crippen LogP contribution in [-0.2, 0) is 29.1 Å². The van der Waals surface area contributed by atoms with E-state index in [1.165, 1.54) is 16.7 Å². The van der Waals surface area contributed by atoms with E-state index in [9.17, 15) is 0 Å². The smallest absolute Gasteiger partial charge is 0.124 e. The highest BCUT2D eigenvalue weighted by Crippen LogP contribution is 2.52. The first kappa shape index (κ1) is 32.6. The lowest BCUT2D eigenvalue weighted by atomic mass is 9.88. The largest absolute Gasteiger partial charge is 0.496 e.